The second-order valence-corrected chi connectivity index (χ2v) is 5.96. The van der Waals surface area contributed by atoms with Crippen molar-refractivity contribution in [2.75, 3.05) is 20.1 Å². The molecule has 0 spiro atoms. The lowest BCUT2D eigenvalue weighted by molar-refractivity contribution is 0.248. The molecule has 1 aliphatic rings. The molecule has 1 aromatic heterocycles. The highest BCUT2D eigenvalue weighted by atomic mass is 79.9. The van der Waals surface area contributed by atoms with Crippen molar-refractivity contribution in [3.8, 4) is 11.5 Å². The minimum absolute atomic E-state index is 0.434. The normalized spacial score (nSPS) is 17.8. The lowest BCUT2D eigenvalue weighted by Crippen LogP contribution is -2.29. The van der Waals surface area contributed by atoms with Crippen molar-refractivity contribution >= 4 is 15.9 Å². The highest BCUT2D eigenvalue weighted by Gasteiger charge is 2.23. The Morgan fingerprint density at radius 1 is 1.21 bits per heavy atom. The Labute approximate surface area is 120 Å². The van der Waals surface area contributed by atoms with Crippen LogP contribution in [0.25, 0.3) is 11.5 Å². The van der Waals surface area contributed by atoms with Gasteiger partial charge in [0.1, 0.15) is 0 Å². The topological polar surface area (TPSA) is 42.2 Å². The lowest BCUT2D eigenvalue weighted by atomic mass is 9.96. The van der Waals surface area contributed by atoms with Crippen LogP contribution in [0.3, 0.4) is 0 Å². The predicted octanol–water partition coefficient (Wildman–Crippen LogP) is 3.31. The van der Waals surface area contributed by atoms with E-state index in [-0.39, 0.29) is 0 Å². The fourth-order valence-electron chi connectivity index (χ4n) is 2.38. The zero-order valence-electron chi connectivity index (χ0n) is 10.8. The van der Waals surface area contributed by atoms with Crippen LogP contribution in [0.4, 0.5) is 0 Å². The fraction of sp³-hybridized carbons (Fsp3) is 0.429. The van der Waals surface area contributed by atoms with Crippen LogP contribution in [0.1, 0.15) is 24.6 Å². The van der Waals surface area contributed by atoms with Crippen LogP contribution in [-0.4, -0.2) is 35.2 Å². The first-order chi connectivity index (χ1) is 9.22. The number of rotatable bonds is 2. The van der Waals surface area contributed by atoms with Gasteiger partial charge in [0.05, 0.1) is 0 Å². The zero-order valence-corrected chi connectivity index (χ0v) is 12.4. The molecule has 1 aliphatic heterocycles. The maximum Gasteiger partial charge on any atom is 0.257 e. The van der Waals surface area contributed by atoms with Gasteiger partial charge in [-0.3, -0.25) is 0 Å². The average molecular weight is 322 g/mol. The van der Waals surface area contributed by atoms with E-state index in [4.69, 9.17) is 4.52 Å². The molecule has 0 amide bonds. The molecule has 0 aliphatic carbocycles. The molecule has 2 heterocycles. The van der Waals surface area contributed by atoms with E-state index in [0.717, 1.165) is 41.8 Å². The first-order valence-corrected chi connectivity index (χ1v) is 7.30. The summed E-state index contributed by atoms with van der Waals surface area (Å²) in [6.07, 6.45) is 2.21. The van der Waals surface area contributed by atoms with Gasteiger partial charge in [0, 0.05) is 16.0 Å². The molecule has 0 bridgehead atoms. The van der Waals surface area contributed by atoms with Crippen LogP contribution in [0.15, 0.2) is 33.3 Å². The molecule has 3 rings (SSSR count). The number of benzene rings is 1. The molecule has 100 valence electrons. The molecular weight excluding hydrogens is 306 g/mol. The lowest BCUT2D eigenvalue weighted by Gasteiger charge is -2.26. The van der Waals surface area contributed by atoms with Crippen molar-refractivity contribution < 1.29 is 4.52 Å². The van der Waals surface area contributed by atoms with Crippen molar-refractivity contribution in [3.05, 3.63) is 34.6 Å². The Morgan fingerprint density at radius 2 is 1.89 bits per heavy atom. The van der Waals surface area contributed by atoms with Gasteiger partial charge in [0.25, 0.3) is 5.89 Å². The molecule has 4 nitrogen and oxygen atoms in total. The zero-order chi connectivity index (χ0) is 13.2. The van der Waals surface area contributed by atoms with E-state index in [9.17, 15) is 0 Å². The van der Waals surface area contributed by atoms with Crippen LogP contribution in [0.5, 0.6) is 0 Å². The highest BCUT2D eigenvalue weighted by Crippen LogP contribution is 2.27. The van der Waals surface area contributed by atoms with E-state index in [1.807, 2.05) is 24.3 Å². The van der Waals surface area contributed by atoms with Crippen molar-refractivity contribution in [1.82, 2.24) is 15.0 Å². The summed E-state index contributed by atoms with van der Waals surface area (Å²) in [6.45, 7) is 2.21. The maximum absolute atomic E-state index is 5.38. The summed E-state index contributed by atoms with van der Waals surface area (Å²) in [4.78, 5) is 6.89. The Bertz CT molecular complexity index is 544. The smallest absolute Gasteiger partial charge is 0.257 e. The maximum atomic E-state index is 5.38. The predicted molar refractivity (Wildman–Crippen MR) is 76.9 cm³/mol. The number of hydrogen-bond acceptors (Lipinski definition) is 4. The van der Waals surface area contributed by atoms with Gasteiger partial charge in [-0.1, -0.05) is 21.1 Å². The number of aromatic nitrogens is 2. The molecule has 0 atom stereocenters. The largest absolute Gasteiger partial charge is 0.334 e. The van der Waals surface area contributed by atoms with Crippen LogP contribution >= 0.6 is 15.9 Å². The fourth-order valence-corrected chi connectivity index (χ4v) is 2.64. The second kappa shape index (κ2) is 5.43. The van der Waals surface area contributed by atoms with Gasteiger partial charge in [-0.25, -0.2) is 0 Å². The van der Waals surface area contributed by atoms with E-state index in [0.29, 0.717) is 11.8 Å². The summed E-state index contributed by atoms with van der Waals surface area (Å²) in [6, 6.07) is 7.93. The van der Waals surface area contributed by atoms with Crippen LogP contribution in [-0.2, 0) is 0 Å². The Morgan fingerprint density at radius 3 is 2.58 bits per heavy atom. The van der Waals surface area contributed by atoms with E-state index >= 15 is 0 Å². The van der Waals surface area contributed by atoms with Gasteiger partial charge in [0.2, 0.25) is 0 Å². The van der Waals surface area contributed by atoms with Gasteiger partial charge in [-0.05, 0) is 57.2 Å². The van der Waals surface area contributed by atoms with E-state index in [1.54, 1.807) is 0 Å². The van der Waals surface area contributed by atoms with Crippen LogP contribution < -0.4 is 0 Å². The Balaban J connectivity index is 1.77. The van der Waals surface area contributed by atoms with Gasteiger partial charge in [-0.2, -0.15) is 4.98 Å². The molecule has 0 N–H and O–H groups in total. The van der Waals surface area contributed by atoms with Gasteiger partial charge < -0.3 is 9.42 Å². The minimum atomic E-state index is 0.434. The first kappa shape index (κ1) is 12.8. The second-order valence-electron chi connectivity index (χ2n) is 5.04. The van der Waals surface area contributed by atoms with Crippen molar-refractivity contribution in [2.45, 2.75) is 18.8 Å². The molecular formula is C14H16BrN3O. The molecule has 19 heavy (non-hydrogen) atoms. The molecule has 1 saturated heterocycles. The molecule has 1 fully saturated rings. The summed E-state index contributed by atoms with van der Waals surface area (Å²) in [7, 11) is 2.15. The molecule has 2 aromatic rings. The number of nitrogens with zero attached hydrogens (tertiary/aromatic N) is 3. The van der Waals surface area contributed by atoms with E-state index in [2.05, 4.69) is 38.0 Å². The third-order valence-corrected chi connectivity index (χ3v) is 4.15. The van der Waals surface area contributed by atoms with Gasteiger partial charge >= 0.3 is 0 Å². The summed E-state index contributed by atoms with van der Waals surface area (Å²) in [5.74, 6) is 1.90. The summed E-state index contributed by atoms with van der Waals surface area (Å²) >= 11 is 3.42. The molecule has 0 radical (unpaired) electrons. The monoisotopic (exact) mass is 321 g/mol. The average Bonchev–Trinajstić information content (AvgIpc) is 2.90. The quantitative estimate of drug-likeness (QED) is 0.851. The molecule has 5 heteroatoms. The number of piperidine rings is 1. The summed E-state index contributed by atoms with van der Waals surface area (Å²) in [5, 5.41) is 4.15. The van der Waals surface area contributed by atoms with Gasteiger partial charge in [0.15, 0.2) is 5.82 Å². The van der Waals surface area contributed by atoms with Crippen molar-refractivity contribution in [1.29, 1.82) is 0 Å². The minimum Gasteiger partial charge on any atom is -0.334 e. The number of likely N-dealkylation sites (tertiary alicyclic amines) is 1. The number of halogens is 1. The van der Waals surface area contributed by atoms with E-state index < -0.39 is 0 Å². The molecule has 0 unspecified atom stereocenters. The summed E-state index contributed by atoms with van der Waals surface area (Å²) in [5.41, 5.74) is 0.967. The van der Waals surface area contributed by atoms with Crippen LogP contribution in [0, 0.1) is 0 Å². The molecule has 1 aromatic carbocycles. The Kier molecular flexibility index (Phi) is 3.66. The van der Waals surface area contributed by atoms with Crippen molar-refractivity contribution in [2.24, 2.45) is 0 Å². The highest BCUT2D eigenvalue weighted by molar-refractivity contribution is 9.10. The van der Waals surface area contributed by atoms with Gasteiger partial charge in [-0.15, -0.1) is 0 Å². The molecule has 0 saturated carbocycles. The van der Waals surface area contributed by atoms with Crippen molar-refractivity contribution in [3.63, 3.8) is 0 Å². The summed E-state index contributed by atoms with van der Waals surface area (Å²) < 4.78 is 6.43. The van der Waals surface area contributed by atoms with Crippen LogP contribution in [0.2, 0.25) is 0 Å². The third kappa shape index (κ3) is 2.87. The van der Waals surface area contributed by atoms with E-state index in [1.165, 1.54) is 0 Å². The third-order valence-electron chi connectivity index (χ3n) is 3.62. The Hall–Kier alpha value is -1.20. The standard InChI is InChI=1S/C14H16BrN3O/c1-18-8-6-10(7-9-18)13-16-14(19-17-13)11-2-4-12(15)5-3-11/h2-5,10H,6-9H2,1H3. The first-order valence-electron chi connectivity index (χ1n) is 6.50. The number of hydrogen-bond donors (Lipinski definition) is 0. The SMILES string of the molecule is CN1CCC(c2noc(-c3ccc(Br)cc3)n2)CC1.